The summed E-state index contributed by atoms with van der Waals surface area (Å²) < 4.78 is 6.90. The summed E-state index contributed by atoms with van der Waals surface area (Å²) in [5.74, 6) is -0.821. The van der Waals surface area contributed by atoms with E-state index in [2.05, 4.69) is 20.7 Å². The molecule has 4 rings (SSSR count). The van der Waals surface area contributed by atoms with Crippen molar-refractivity contribution in [1.29, 1.82) is 0 Å². The molecule has 0 aromatic carbocycles. The van der Waals surface area contributed by atoms with E-state index in [1.54, 1.807) is 35.0 Å². The summed E-state index contributed by atoms with van der Waals surface area (Å²) in [4.78, 5) is 58.2. The van der Waals surface area contributed by atoms with E-state index in [1.165, 1.54) is 4.90 Å². The molecule has 0 spiro atoms. The van der Waals surface area contributed by atoms with Gasteiger partial charge in [-0.05, 0) is 44.2 Å². The number of rotatable bonds is 4. The van der Waals surface area contributed by atoms with E-state index < -0.39 is 0 Å². The van der Waals surface area contributed by atoms with Gasteiger partial charge in [-0.25, -0.2) is 0 Å². The lowest BCUT2D eigenvalue weighted by Crippen LogP contribution is -2.47. The first kappa shape index (κ1) is 27.4. The van der Waals surface area contributed by atoms with Crippen LogP contribution in [0.5, 0.6) is 0 Å². The topological polar surface area (TPSA) is 142 Å². The van der Waals surface area contributed by atoms with Gasteiger partial charge in [-0.1, -0.05) is 0 Å². The van der Waals surface area contributed by atoms with Crippen LogP contribution in [-0.2, 0) is 34.2 Å². The van der Waals surface area contributed by atoms with E-state index in [1.807, 2.05) is 7.05 Å². The number of hydrogen-bond donors (Lipinski definition) is 3. The van der Waals surface area contributed by atoms with Crippen LogP contribution in [0.15, 0.2) is 18.3 Å². The summed E-state index contributed by atoms with van der Waals surface area (Å²) in [5, 5.41) is 10.5. The Hall–Kier alpha value is -3.67. The van der Waals surface area contributed by atoms with E-state index >= 15 is 0 Å². The molecule has 38 heavy (non-hydrogen) atoms. The Labute approximate surface area is 222 Å². The normalized spacial score (nSPS) is 19.9. The lowest BCUT2D eigenvalue weighted by molar-refractivity contribution is -0.137. The number of H-pyrrole nitrogens is 1. The maximum atomic E-state index is 13.1. The minimum atomic E-state index is -0.256. The first-order valence-corrected chi connectivity index (χ1v) is 13.2. The van der Waals surface area contributed by atoms with Crippen molar-refractivity contribution in [2.75, 3.05) is 46.4 Å². The molecule has 2 aliphatic rings. The predicted octanol–water partition coefficient (Wildman–Crippen LogP) is 0.253. The van der Waals surface area contributed by atoms with E-state index in [9.17, 15) is 19.2 Å². The number of carbonyl (C=O) groups excluding carboxylic acids is 4. The van der Waals surface area contributed by atoms with Gasteiger partial charge < -0.3 is 30.2 Å². The average Bonchev–Trinajstić information content (AvgIpc) is 3.55. The van der Waals surface area contributed by atoms with Crippen molar-refractivity contribution in [3.05, 3.63) is 41.0 Å². The highest BCUT2D eigenvalue weighted by molar-refractivity contribution is 5.94. The second-order valence-corrected chi connectivity index (χ2v) is 9.80. The second-order valence-electron chi connectivity index (χ2n) is 9.80. The van der Waals surface area contributed by atoms with E-state index in [4.69, 9.17) is 4.74 Å². The van der Waals surface area contributed by atoms with Gasteiger partial charge in [0.2, 0.25) is 11.8 Å². The van der Waals surface area contributed by atoms with Crippen molar-refractivity contribution in [3.63, 3.8) is 0 Å². The van der Waals surface area contributed by atoms with Gasteiger partial charge in [0.15, 0.2) is 5.69 Å². The molecule has 1 unspecified atom stereocenters. The number of hydrogen-bond acceptors (Lipinski definition) is 6. The zero-order chi connectivity index (χ0) is 27.1. The summed E-state index contributed by atoms with van der Waals surface area (Å²) in [6, 6.07) is 3.33. The molecule has 3 heterocycles. The Kier molecular flexibility index (Phi) is 9.16. The fourth-order valence-electron chi connectivity index (χ4n) is 5.12. The number of nitrogens with zero attached hydrogens (tertiary/aromatic N) is 4. The zero-order valence-electron chi connectivity index (χ0n) is 22.1. The SMILES string of the molecule is COCCN1CC(=O)NC2CCc3c(c(nn3C)C(=O)NCCCN(C(=O)c3ccc[nH]3)CCCC1=O)C2. The third-order valence-corrected chi connectivity index (χ3v) is 7.11. The van der Waals surface area contributed by atoms with Gasteiger partial charge in [0.1, 0.15) is 5.69 Å². The molecule has 2 aromatic heterocycles. The van der Waals surface area contributed by atoms with Gasteiger partial charge in [-0.3, -0.25) is 23.9 Å². The molecule has 0 radical (unpaired) electrons. The molecule has 12 nitrogen and oxygen atoms in total. The molecule has 1 atom stereocenters. The highest BCUT2D eigenvalue weighted by atomic mass is 16.5. The molecule has 3 N–H and O–H groups in total. The highest BCUT2D eigenvalue weighted by Crippen LogP contribution is 2.24. The summed E-state index contributed by atoms with van der Waals surface area (Å²) in [5.41, 5.74) is 2.68. The van der Waals surface area contributed by atoms with Gasteiger partial charge in [0, 0.05) is 70.3 Å². The number of aryl methyl sites for hydroxylation is 1. The molecule has 0 fully saturated rings. The molecular formula is C26H37N7O5. The molecule has 2 aromatic rings. The Balaban J connectivity index is 1.54. The number of amides is 4. The zero-order valence-corrected chi connectivity index (χ0v) is 22.1. The number of aromatic amines is 1. The van der Waals surface area contributed by atoms with Crippen molar-refractivity contribution in [2.24, 2.45) is 7.05 Å². The van der Waals surface area contributed by atoms with E-state index in [0.29, 0.717) is 69.9 Å². The highest BCUT2D eigenvalue weighted by Gasteiger charge is 2.30. The van der Waals surface area contributed by atoms with Crippen LogP contribution < -0.4 is 10.6 Å². The molecule has 1 aliphatic carbocycles. The molecule has 206 valence electrons. The lowest BCUT2D eigenvalue weighted by Gasteiger charge is -2.27. The minimum absolute atomic E-state index is 0.0724. The summed E-state index contributed by atoms with van der Waals surface area (Å²) in [6.07, 6.45) is 4.83. The van der Waals surface area contributed by atoms with Crippen molar-refractivity contribution in [1.82, 2.24) is 35.2 Å². The molecule has 0 saturated carbocycles. The number of ether oxygens (including phenoxy) is 1. The van der Waals surface area contributed by atoms with Gasteiger partial charge in [-0.15, -0.1) is 0 Å². The molecule has 1 aliphatic heterocycles. The Morgan fingerprint density at radius 2 is 2.00 bits per heavy atom. The fraction of sp³-hybridized carbons (Fsp3) is 0.577. The smallest absolute Gasteiger partial charge is 0.272 e. The van der Waals surface area contributed by atoms with Crippen LogP contribution in [-0.4, -0.2) is 101 Å². The van der Waals surface area contributed by atoms with Crippen LogP contribution in [0.2, 0.25) is 0 Å². The monoisotopic (exact) mass is 527 g/mol. The molecule has 0 saturated heterocycles. The molecule has 4 amide bonds. The van der Waals surface area contributed by atoms with Crippen LogP contribution in [0.1, 0.15) is 57.9 Å². The molecular weight excluding hydrogens is 490 g/mol. The van der Waals surface area contributed by atoms with Gasteiger partial charge in [-0.2, -0.15) is 5.10 Å². The van der Waals surface area contributed by atoms with Crippen LogP contribution in [0.25, 0.3) is 0 Å². The maximum Gasteiger partial charge on any atom is 0.272 e. The summed E-state index contributed by atoms with van der Waals surface area (Å²) >= 11 is 0. The quantitative estimate of drug-likeness (QED) is 0.521. The Morgan fingerprint density at radius 3 is 2.76 bits per heavy atom. The number of carbonyl (C=O) groups is 4. The van der Waals surface area contributed by atoms with Crippen molar-refractivity contribution < 1.29 is 23.9 Å². The number of aromatic nitrogens is 3. The van der Waals surface area contributed by atoms with Crippen molar-refractivity contribution >= 4 is 23.6 Å². The maximum absolute atomic E-state index is 13.1. The lowest BCUT2D eigenvalue weighted by atomic mass is 9.91. The van der Waals surface area contributed by atoms with Gasteiger partial charge in [0.05, 0.1) is 13.2 Å². The first-order chi connectivity index (χ1) is 18.4. The predicted molar refractivity (Wildman–Crippen MR) is 139 cm³/mol. The molecule has 2 bridgehead atoms. The van der Waals surface area contributed by atoms with Crippen LogP contribution in [0.3, 0.4) is 0 Å². The van der Waals surface area contributed by atoms with E-state index in [-0.39, 0.29) is 42.6 Å². The summed E-state index contributed by atoms with van der Waals surface area (Å²) in [6.45, 7) is 1.72. The third-order valence-electron chi connectivity index (χ3n) is 7.11. The van der Waals surface area contributed by atoms with Crippen LogP contribution in [0.4, 0.5) is 0 Å². The second kappa shape index (κ2) is 12.7. The van der Waals surface area contributed by atoms with E-state index in [0.717, 1.165) is 17.7 Å². The Morgan fingerprint density at radius 1 is 1.18 bits per heavy atom. The number of methoxy groups -OCH3 is 1. The van der Waals surface area contributed by atoms with Crippen LogP contribution in [0, 0.1) is 0 Å². The minimum Gasteiger partial charge on any atom is -0.383 e. The fourth-order valence-corrected chi connectivity index (χ4v) is 5.12. The van der Waals surface area contributed by atoms with Crippen molar-refractivity contribution in [3.8, 4) is 0 Å². The number of nitrogens with one attached hydrogen (secondary N) is 3. The van der Waals surface area contributed by atoms with Crippen LogP contribution >= 0.6 is 0 Å². The molecule has 12 heteroatoms. The standard InChI is InChI=1S/C26H37N7O5/c1-31-21-9-8-18-16-19(21)24(30-31)25(36)28-11-5-13-32(26(37)20-6-3-10-27-20)12-4-7-23(35)33(14-15-38-2)17-22(34)29-18/h3,6,10,18,27H,4-5,7-9,11-17H2,1-2H3,(H,28,36)(H,29,34). The third kappa shape index (κ3) is 6.60. The first-order valence-electron chi connectivity index (χ1n) is 13.2. The largest absolute Gasteiger partial charge is 0.383 e. The van der Waals surface area contributed by atoms with Gasteiger partial charge >= 0.3 is 0 Å². The van der Waals surface area contributed by atoms with Gasteiger partial charge in [0.25, 0.3) is 11.8 Å². The van der Waals surface area contributed by atoms with Crippen molar-refractivity contribution in [2.45, 2.75) is 44.6 Å². The average molecular weight is 528 g/mol. The number of fused-ring (bicyclic) bond motifs is 1. The Bertz CT molecular complexity index is 1140. The summed E-state index contributed by atoms with van der Waals surface area (Å²) in [7, 11) is 3.38.